The van der Waals surface area contributed by atoms with Gasteiger partial charge in [-0.25, -0.2) is 0 Å². The zero-order valence-electron chi connectivity index (χ0n) is 17.1. The number of nitrogens with zero attached hydrogens (tertiary/aromatic N) is 1. The monoisotopic (exact) mass is 363 g/mol. The van der Waals surface area contributed by atoms with Crippen LogP contribution in [-0.2, 0) is 9.63 Å². The minimum atomic E-state index is -0.0439. The molecule has 0 unspecified atom stereocenters. The number of rotatable bonds is 15. The van der Waals surface area contributed by atoms with Crippen molar-refractivity contribution in [2.24, 2.45) is 0 Å². The second kappa shape index (κ2) is 17.3. The van der Waals surface area contributed by atoms with Crippen molar-refractivity contribution in [3.8, 4) is 0 Å². The number of hydroxylamine groups is 2. The molecule has 0 N–H and O–H groups in total. The Labute approximate surface area is 161 Å². The summed E-state index contributed by atoms with van der Waals surface area (Å²) in [6.07, 6.45) is 26.6. The molecule has 1 rings (SSSR count). The van der Waals surface area contributed by atoms with Gasteiger partial charge in [-0.1, -0.05) is 69.8 Å². The number of allylic oxidation sites excluding steroid dienone is 4. The van der Waals surface area contributed by atoms with Crippen LogP contribution in [0.4, 0.5) is 0 Å². The SMILES string of the molecule is CCCCC/C=C\C/C=C\CCCCCCCC(=O)ON1CCCCC1. The van der Waals surface area contributed by atoms with E-state index in [1.54, 1.807) is 0 Å². The van der Waals surface area contributed by atoms with Crippen molar-refractivity contribution in [3.63, 3.8) is 0 Å². The predicted octanol–water partition coefficient (Wildman–Crippen LogP) is 6.74. The summed E-state index contributed by atoms with van der Waals surface area (Å²) in [7, 11) is 0. The Kier molecular flexibility index (Phi) is 15.3. The smallest absolute Gasteiger partial charge is 0.325 e. The van der Waals surface area contributed by atoms with E-state index in [1.807, 2.05) is 5.06 Å². The molecule has 1 aliphatic rings. The summed E-state index contributed by atoms with van der Waals surface area (Å²) >= 11 is 0. The van der Waals surface area contributed by atoms with Crippen LogP contribution in [0.15, 0.2) is 24.3 Å². The molecule has 0 aromatic carbocycles. The van der Waals surface area contributed by atoms with E-state index in [-0.39, 0.29) is 5.97 Å². The lowest BCUT2D eigenvalue weighted by atomic mass is 10.1. The molecule has 0 aromatic heterocycles. The second-order valence-corrected chi connectivity index (χ2v) is 7.43. The van der Waals surface area contributed by atoms with Gasteiger partial charge in [0.25, 0.3) is 0 Å². The zero-order chi connectivity index (χ0) is 18.7. The summed E-state index contributed by atoms with van der Waals surface area (Å²) in [4.78, 5) is 17.2. The predicted molar refractivity (Wildman–Crippen MR) is 111 cm³/mol. The third-order valence-electron chi connectivity index (χ3n) is 4.88. The van der Waals surface area contributed by atoms with Gasteiger partial charge in [-0.3, -0.25) is 4.79 Å². The number of hydrogen-bond acceptors (Lipinski definition) is 3. The van der Waals surface area contributed by atoms with Gasteiger partial charge in [0.1, 0.15) is 0 Å². The van der Waals surface area contributed by atoms with Gasteiger partial charge in [0.2, 0.25) is 0 Å². The van der Waals surface area contributed by atoms with E-state index in [2.05, 4.69) is 31.2 Å². The van der Waals surface area contributed by atoms with E-state index < -0.39 is 0 Å². The number of carbonyl (C=O) groups is 1. The number of unbranched alkanes of at least 4 members (excludes halogenated alkanes) is 8. The Hall–Kier alpha value is -1.09. The molecule has 0 saturated carbocycles. The molecule has 1 aliphatic heterocycles. The van der Waals surface area contributed by atoms with Gasteiger partial charge >= 0.3 is 5.97 Å². The summed E-state index contributed by atoms with van der Waals surface area (Å²) < 4.78 is 0. The summed E-state index contributed by atoms with van der Waals surface area (Å²) in [5.74, 6) is -0.0439. The van der Waals surface area contributed by atoms with Gasteiger partial charge in [0, 0.05) is 19.5 Å². The fourth-order valence-electron chi connectivity index (χ4n) is 3.23. The summed E-state index contributed by atoms with van der Waals surface area (Å²) in [5, 5.41) is 1.85. The first-order valence-corrected chi connectivity index (χ1v) is 11.1. The average Bonchev–Trinajstić information content (AvgIpc) is 2.65. The van der Waals surface area contributed by atoms with Crippen molar-refractivity contribution in [2.45, 2.75) is 103 Å². The Morgan fingerprint density at radius 1 is 0.808 bits per heavy atom. The van der Waals surface area contributed by atoms with E-state index in [1.165, 1.54) is 57.8 Å². The quantitative estimate of drug-likeness (QED) is 0.238. The Balaban J connectivity index is 1.82. The Morgan fingerprint density at radius 3 is 2.12 bits per heavy atom. The lowest BCUT2D eigenvalue weighted by Crippen LogP contribution is -2.32. The van der Waals surface area contributed by atoms with Crippen molar-refractivity contribution in [3.05, 3.63) is 24.3 Å². The molecule has 3 heteroatoms. The summed E-state index contributed by atoms with van der Waals surface area (Å²) in [5.41, 5.74) is 0. The standard InChI is InChI=1S/C23H41NO2/c1-2-3-4-5-6-7-8-9-10-11-12-13-14-15-17-20-23(25)26-24-21-18-16-19-22-24/h6-7,9-10H,2-5,8,11-22H2,1H3/b7-6-,10-9-. The molecule has 0 amide bonds. The van der Waals surface area contributed by atoms with Gasteiger partial charge in [0.05, 0.1) is 0 Å². The van der Waals surface area contributed by atoms with Crippen molar-refractivity contribution < 1.29 is 9.63 Å². The molecule has 26 heavy (non-hydrogen) atoms. The first kappa shape index (κ1) is 23.0. The third-order valence-corrected chi connectivity index (χ3v) is 4.88. The third kappa shape index (κ3) is 14.1. The Morgan fingerprint density at radius 2 is 1.42 bits per heavy atom. The molecular weight excluding hydrogens is 322 g/mol. The van der Waals surface area contributed by atoms with E-state index in [4.69, 9.17) is 4.84 Å². The lowest BCUT2D eigenvalue weighted by molar-refractivity contribution is -0.194. The van der Waals surface area contributed by atoms with Gasteiger partial charge < -0.3 is 4.84 Å². The second-order valence-electron chi connectivity index (χ2n) is 7.43. The van der Waals surface area contributed by atoms with Crippen molar-refractivity contribution >= 4 is 5.97 Å². The minimum absolute atomic E-state index is 0.0439. The molecule has 1 heterocycles. The molecule has 0 radical (unpaired) electrons. The van der Waals surface area contributed by atoms with Gasteiger partial charge in [-0.15, -0.1) is 5.06 Å². The van der Waals surface area contributed by atoms with Crippen LogP contribution in [0.2, 0.25) is 0 Å². The molecule has 150 valence electrons. The highest BCUT2D eigenvalue weighted by atomic mass is 16.7. The van der Waals surface area contributed by atoms with Crippen LogP contribution in [0.1, 0.15) is 103 Å². The molecule has 0 spiro atoms. The maximum Gasteiger partial charge on any atom is 0.325 e. The van der Waals surface area contributed by atoms with Crippen molar-refractivity contribution in [1.82, 2.24) is 5.06 Å². The summed E-state index contributed by atoms with van der Waals surface area (Å²) in [6.45, 7) is 4.07. The largest absolute Gasteiger partial charge is 0.368 e. The molecule has 3 nitrogen and oxygen atoms in total. The van der Waals surface area contributed by atoms with Crippen LogP contribution in [0.25, 0.3) is 0 Å². The first-order chi connectivity index (χ1) is 12.8. The highest BCUT2D eigenvalue weighted by molar-refractivity contribution is 5.68. The van der Waals surface area contributed by atoms with Crippen LogP contribution < -0.4 is 0 Å². The molecule has 0 atom stereocenters. The fourth-order valence-corrected chi connectivity index (χ4v) is 3.23. The maximum atomic E-state index is 11.8. The number of carbonyl (C=O) groups excluding carboxylic acids is 1. The van der Waals surface area contributed by atoms with Crippen LogP contribution >= 0.6 is 0 Å². The summed E-state index contributed by atoms with van der Waals surface area (Å²) in [6, 6.07) is 0. The normalized spacial score (nSPS) is 15.9. The van der Waals surface area contributed by atoms with E-state index in [0.717, 1.165) is 45.2 Å². The minimum Gasteiger partial charge on any atom is -0.368 e. The van der Waals surface area contributed by atoms with Crippen LogP contribution in [-0.4, -0.2) is 24.1 Å². The first-order valence-electron chi connectivity index (χ1n) is 11.1. The fraction of sp³-hybridized carbons (Fsp3) is 0.783. The molecule has 0 aromatic rings. The molecule has 1 fully saturated rings. The van der Waals surface area contributed by atoms with Crippen LogP contribution in [0.5, 0.6) is 0 Å². The maximum absolute atomic E-state index is 11.8. The van der Waals surface area contributed by atoms with Crippen LogP contribution in [0, 0.1) is 0 Å². The van der Waals surface area contributed by atoms with Gasteiger partial charge in [-0.2, -0.15) is 0 Å². The van der Waals surface area contributed by atoms with Gasteiger partial charge in [-0.05, 0) is 51.4 Å². The van der Waals surface area contributed by atoms with Crippen molar-refractivity contribution in [1.29, 1.82) is 0 Å². The van der Waals surface area contributed by atoms with E-state index >= 15 is 0 Å². The average molecular weight is 364 g/mol. The molecule has 1 saturated heterocycles. The molecule has 0 bridgehead atoms. The highest BCUT2D eigenvalue weighted by Crippen LogP contribution is 2.12. The Bertz CT molecular complexity index is 384. The number of piperidine rings is 1. The van der Waals surface area contributed by atoms with Crippen molar-refractivity contribution in [2.75, 3.05) is 13.1 Å². The number of hydrogen-bond donors (Lipinski definition) is 0. The molecule has 0 aliphatic carbocycles. The van der Waals surface area contributed by atoms with Gasteiger partial charge in [0.15, 0.2) is 0 Å². The van der Waals surface area contributed by atoms with E-state index in [9.17, 15) is 4.79 Å². The molecular formula is C23H41NO2. The zero-order valence-corrected chi connectivity index (χ0v) is 17.1. The topological polar surface area (TPSA) is 29.5 Å². The lowest BCUT2D eigenvalue weighted by Gasteiger charge is -2.24. The van der Waals surface area contributed by atoms with E-state index in [0.29, 0.717) is 6.42 Å². The van der Waals surface area contributed by atoms with Crippen LogP contribution in [0.3, 0.4) is 0 Å². The highest BCUT2D eigenvalue weighted by Gasteiger charge is 2.14.